The van der Waals surface area contributed by atoms with E-state index in [1.54, 1.807) is 6.07 Å². The Bertz CT molecular complexity index is 1160. The molecule has 3 rings (SSSR count). The van der Waals surface area contributed by atoms with Crippen LogP contribution >= 0.6 is 23.2 Å². The quantitative estimate of drug-likeness (QED) is 0.408. The minimum Gasteiger partial charge on any atom is -0.373 e. The molecule has 9 heteroatoms. The molecule has 0 saturated carbocycles. The van der Waals surface area contributed by atoms with Crippen molar-refractivity contribution in [3.05, 3.63) is 75.5 Å². The first-order valence-corrected chi connectivity index (χ1v) is 9.33. The second-order valence-electron chi connectivity index (χ2n) is 6.11. The lowest BCUT2D eigenvalue weighted by Gasteiger charge is -2.13. The Morgan fingerprint density at radius 2 is 2.00 bits per heavy atom. The number of pyridine rings is 2. The van der Waals surface area contributed by atoms with Gasteiger partial charge in [0.25, 0.3) is 5.91 Å². The molecule has 0 spiro atoms. The van der Waals surface area contributed by atoms with E-state index in [1.165, 1.54) is 37.8 Å². The van der Waals surface area contributed by atoms with Crippen molar-refractivity contribution < 1.29 is 14.3 Å². The van der Waals surface area contributed by atoms with Crippen LogP contribution in [0.3, 0.4) is 0 Å². The number of benzene rings is 1. The molecule has 0 aliphatic heterocycles. The zero-order valence-electron chi connectivity index (χ0n) is 15.6. The highest BCUT2D eigenvalue weighted by molar-refractivity contribution is 6.35. The molecule has 2 aromatic heterocycles. The molecule has 1 amide bonds. The molecule has 3 N–H and O–H groups in total. The van der Waals surface area contributed by atoms with E-state index >= 15 is 0 Å². The molecule has 152 valence electrons. The van der Waals surface area contributed by atoms with Crippen molar-refractivity contribution in [3.63, 3.8) is 0 Å². The lowest BCUT2D eigenvalue weighted by molar-refractivity contribution is 0.102. The minimum atomic E-state index is -1.06. The van der Waals surface area contributed by atoms with Crippen LogP contribution in [0.1, 0.15) is 27.8 Å². The van der Waals surface area contributed by atoms with Crippen LogP contribution in [0.25, 0.3) is 11.1 Å². The summed E-state index contributed by atoms with van der Waals surface area (Å²) in [5.74, 6) is 1.11. The highest BCUT2D eigenvalue weighted by atomic mass is 35.5. The monoisotopic (exact) mass is 444 g/mol. The summed E-state index contributed by atoms with van der Waals surface area (Å²) in [6.45, 7) is 0. The van der Waals surface area contributed by atoms with Gasteiger partial charge < -0.3 is 10.4 Å². The maximum atomic E-state index is 14.8. The largest absolute Gasteiger partial charge is 0.373 e. The van der Waals surface area contributed by atoms with Crippen LogP contribution in [-0.2, 0) is 0 Å². The van der Waals surface area contributed by atoms with Gasteiger partial charge in [-0.1, -0.05) is 29.1 Å². The number of rotatable bonds is 5. The number of carbonyl (C=O) groups excluding carboxylic acids is 1. The van der Waals surface area contributed by atoms with Gasteiger partial charge in [-0.25, -0.2) is 4.39 Å². The molecule has 30 heavy (non-hydrogen) atoms. The third kappa shape index (κ3) is 4.42. The predicted octanol–water partition coefficient (Wildman–Crippen LogP) is 4.03. The van der Waals surface area contributed by atoms with Crippen LogP contribution < -0.4 is 10.6 Å². The maximum Gasteiger partial charge on any atom is 0.257 e. The Morgan fingerprint density at radius 1 is 1.23 bits per heavy atom. The number of terminal acetylenes is 1. The van der Waals surface area contributed by atoms with Crippen molar-refractivity contribution in [2.24, 2.45) is 0 Å². The average molecular weight is 445 g/mol. The molecule has 0 saturated heterocycles. The molecule has 6 nitrogen and oxygen atoms in total. The predicted molar refractivity (Wildman–Crippen MR) is 114 cm³/mol. The molecule has 0 bridgehead atoms. The standard InChI is InChI=1S/C21H15Cl2FN4O2/c1-3-11-9-26-5-4-13(11)14-7-16(22)15(8-18(14)24)20(29)28-12-6-17(23)19(27-10-12)21(30)25-2/h1,4-10,21,25,30H,2H3,(H,28,29). The van der Waals surface area contributed by atoms with E-state index < -0.39 is 18.0 Å². The molecule has 0 aliphatic rings. The first-order chi connectivity index (χ1) is 14.3. The Hall–Kier alpha value is -3.02. The Balaban J connectivity index is 1.90. The van der Waals surface area contributed by atoms with Gasteiger partial charge in [-0.2, -0.15) is 0 Å². The minimum absolute atomic E-state index is 0.0324. The summed E-state index contributed by atoms with van der Waals surface area (Å²) in [4.78, 5) is 20.5. The molecule has 1 atom stereocenters. The van der Waals surface area contributed by atoms with Gasteiger partial charge >= 0.3 is 0 Å². The van der Waals surface area contributed by atoms with E-state index in [2.05, 4.69) is 26.5 Å². The third-order valence-electron chi connectivity index (χ3n) is 4.23. The van der Waals surface area contributed by atoms with E-state index in [4.69, 9.17) is 29.6 Å². The Kier molecular flexibility index (Phi) is 6.65. The van der Waals surface area contributed by atoms with Gasteiger partial charge in [-0.3, -0.25) is 20.1 Å². The summed E-state index contributed by atoms with van der Waals surface area (Å²) >= 11 is 12.3. The molecule has 2 heterocycles. The van der Waals surface area contributed by atoms with Gasteiger partial charge in [0.1, 0.15) is 17.7 Å². The number of aromatic nitrogens is 2. The van der Waals surface area contributed by atoms with Gasteiger partial charge in [-0.05, 0) is 31.3 Å². The fourth-order valence-corrected chi connectivity index (χ4v) is 3.24. The van der Waals surface area contributed by atoms with E-state index in [-0.39, 0.29) is 32.6 Å². The van der Waals surface area contributed by atoms with Gasteiger partial charge in [0, 0.05) is 23.5 Å². The van der Waals surface area contributed by atoms with Crippen molar-refractivity contribution in [1.82, 2.24) is 15.3 Å². The molecule has 0 aliphatic carbocycles. The maximum absolute atomic E-state index is 14.8. The summed E-state index contributed by atoms with van der Waals surface area (Å²) in [5, 5.41) is 15.1. The van der Waals surface area contributed by atoms with E-state index in [9.17, 15) is 14.3 Å². The normalized spacial score (nSPS) is 11.6. The summed E-state index contributed by atoms with van der Waals surface area (Å²) in [6.07, 6.45) is 8.62. The number of aliphatic hydroxyl groups is 1. The number of carbonyl (C=O) groups is 1. The molecule has 0 radical (unpaired) electrons. The fraction of sp³-hybridized carbons (Fsp3) is 0.0952. The number of nitrogens with zero attached hydrogens (tertiary/aromatic N) is 2. The summed E-state index contributed by atoms with van der Waals surface area (Å²) in [6, 6.07) is 5.34. The zero-order chi connectivity index (χ0) is 21.8. The van der Waals surface area contributed by atoms with Gasteiger partial charge in [0.15, 0.2) is 0 Å². The number of nitrogens with one attached hydrogen (secondary N) is 2. The van der Waals surface area contributed by atoms with Crippen LogP contribution in [-0.4, -0.2) is 28.0 Å². The number of halogens is 3. The smallest absolute Gasteiger partial charge is 0.257 e. The number of hydrogen-bond donors (Lipinski definition) is 3. The summed E-state index contributed by atoms with van der Waals surface area (Å²) in [7, 11) is 1.54. The first kappa shape index (κ1) is 21.7. The van der Waals surface area contributed by atoms with Gasteiger partial charge in [0.05, 0.1) is 33.1 Å². The van der Waals surface area contributed by atoms with Crippen LogP contribution in [0.2, 0.25) is 10.0 Å². The second kappa shape index (κ2) is 9.20. The average Bonchev–Trinajstić information content (AvgIpc) is 2.74. The van der Waals surface area contributed by atoms with Gasteiger partial charge in [0.2, 0.25) is 0 Å². The third-order valence-corrected chi connectivity index (χ3v) is 4.84. The topological polar surface area (TPSA) is 87.1 Å². The Labute approximate surface area is 182 Å². The van der Waals surface area contributed by atoms with E-state index in [0.717, 1.165) is 6.07 Å². The van der Waals surface area contributed by atoms with Crippen LogP contribution in [0.5, 0.6) is 0 Å². The highest BCUT2D eigenvalue weighted by Crippen LogP contribution is 2.31. The lowest BCUT2D eigenvalue weighted by Crippen LogP contribution is -2.18. The molecular formula is C21H15Cl2FN4O2. The van der Waals surface area contributed by atoms with Crippen LogP contribution in [0.15, 0.2) is 42.9 Å². The molecule has 3 aromatic rings. The lowest BCUT2D eigenvalue weighted by atomic mass is 10.00. The van der Waals surface area contributed by atoms with Crippen LogP contribution in [0, 0.1) is 18.2 Å². The van der Waals surface area contributed by atoms with Crippen molar-refractivity contribution in [2.45, 2.75) is 6.23 Å². The highest BCUT2D eigenvalue weighted by Gasteiger charge is 2.18. The number of amides is 1. The van der Waals surface area contributed by atoms with Crippen molar-refractivity contribution in [2.75, 3.05) is 12.4 Å². The SMILES string of the molecule is C#Cc1cnccc1-c1cc(Cl)c(C(=O)Nc2cnc(C(O)NC)c(Cl)c2)cc1F. The summed E-state index contributed by atoms with van der Waals surface area (Å²) in [5.41, 5.74) is 1.36. The van der Waals surface area contributed by atoms with Crippen LogP contribution in [0.4, 0.5) is 10.1 Å². The molecule has 0 fully saturated rings. The summed E-state index contributed by atoms with van der Waals surface area (Å²) < 4.78 is 14.8. The van der Waals surface area contributed by atoms with E-state index in [0.29, 0.717) is 11.1 Å². The van der Waals surface area contributed by atoms with E-state index in [1.807, 2.05) is 0 Å². The first-order valence-electron chi connectivity index (χ1n) is 8.57. The molecular weight excluding hydrogens is 430 g/mol. The van der Waals surface area contributed by atoms with Crippen molar-refractivity contribution in [1.29, 1.82) is 0 Å². The second-order valence-corrected chi connectivity index (χ2v) is 6.93. The molecule has 1 unspecified atom stereocenters. The number of hydrogen-bond acceptors (Lipinski definition) is 5. The van der Waals surface area contributed by atoms with Crippen molar-refractivity contribution in [3.8, 4) is 23.5 Å². The van der Waals surface area contributed by atoms with Gasteiger partial charge in [-0.15, -0.1) is 6.42 Å². The fourth-order valence-electron chi connectivity index (χ4n) is 2.72. The zero-order valence-corrected chi connectivity index (χ0v) is 17.1. The Morgan fingerprint density at radius 3 is 2.67 bits per heavy atom. The number of anilines is 1. The number of aliphatic hydroxyl groups excluding tert-OH is 1. The molecule has 1 aromatic carbocycles. The van der Waals surface area contributed by atoms with Crippen molar-refractivity contribution >= 4 is 34.8 Å².